The molecule has 29 heavy (non-hydrogen) atoms. The van der Waals surface area contributed by atoms with Gasteiger partial charge in [-0.25, -0.2) is 0 Å². The number of fused-ring (bicyclic) bond motifs is 2. The molecular weight excluding hydrogens is 378 g/mol. The molecular formula is C24H23N3OS. The summed E-state index contributed by atoms with van der Waals surface area (Å²) in [4.78, 5) is 2.38. The molecule has 5 heteroatoms. The SMILES string of the molecule is COc1c(C2CN(C)Cc3cc(-c4ccc(C)nn4)ccc32)ccc2ccsc12. The summed E-state index contributed by atoms with van der Waals surface area (Å²) in [7, 11) is 3.97. The van der Waals surface area contributed by atoms with Crippen LogP contribution >= 0.6 is 11.3 Å². The highest BCUT2D eigenvalue weighted by atomic mass is 32.1. The summed E-state index contributed by atoms with van der Waals surface area (Å²) in [5.74, 6) is 1.29. The van der Waals surface area contributed by atoms with Crippen LogP contribution in [0.3, 0.4) is 0 Å². The van der Waals surface area contributed by atoms with Gasteiger partial charge in [0.1, 0.15) is 5.75 Å². The first-order valence-electron chi connectivity index (χ1n) is 9.80. The van der Waals surface area contributed by atoms with Gasteiger partial charge in [0.25, 0.3) is 0 Å². The van der Waals surface area contributed by atoms with Crippen molar-refractivity contribution in [2.45, 2.75) is 19.4 Å². The predicted octanol–water partition coefficient (Wildman–Crippen LogP) is 5.25. The van der Waals surface area contributed by atoms with E-state index in [4.69, 9.17) is 4.74 Å². The van der Waals surface area contributed by atoms with Crippen LogP contribution in [0.1, 0.15) is 28.3 Å². The highest BCUT2D eigenvalue weighted by Gasteiger charge is 2.28. The highest BCUT2D eigenvalue weighted by molar-refractivity contribution is 7.17. The minimum atomic E-state index is 0.281. The van der Waals surface area contributed by atoms with Gasteiger partial charge < -0.3 is 9.64 Å². The highest BCUT2D eigenvalue weighted by Crippen LogP contribution is 2.43. The van der Waals surface area contributed by atoms with E-state index < -0.39 is 0 Å². The van der Waals surface area contributed by atoms with Crippen LogP contribution in [0.5, 0.6) is 5.75 Å². The number of thiophene rings is 1. The first-order valence-corrected chi connectivity index (χ1v) is 10.7. The van der Waals surface area contributed by atoms with Crippen molar-refractivity contribution in [3.63, 3.8) is 0 Å². The zero-order chi connectivity index (χ0) is 20.0. The molecule has 3 heterocycles. The molecule has 0 N–H and O–H groups in total. The third-order valence-corrected chi connectivity index (χ3v) is 6.66. The van der Waals surface area contributed by atoms with Gasteiger partial charge in [0, 0.05) is 30.1 Å². The maximum absolute atomic E-state index is 5.90. The summed E-state index contributed by atoms with van der Waals surface area (Å²) in [6.45, 7) is 3.87. The number of benzene rings is 2. The van der Waals surface area contributed by atoms with Crippen molar-refractivity contribution in [3.8, 4) is 17.0 Å². The molecule has 1 unspecified atom stereocenters. The Morgan fingerprint density at radius 2 is 1.90 bits per heavy atom. The number of hydrogen-bond acceptors (Lipinski definition) is 5. The molecule has 4 nitrogen and oxygen atoms in total. The lowest BCUT2D eigenvalue weighted by atomic mass is 9.83. The van der Waals surface area contributed by atoms with Gasteiger partial charge in [-0.2, -0.15) is 10.2 Å². The lowest BCUT2D eigenvalue weighted by Crippen LogP contribution is -2.31. The van der Waals surface area contributed by atoms with E-state index in [0.717, 1.165) is 35.8 Å². The molecule has 0 bridgehead atoms. The summed E-state index contributed by atoms with van der Waals surface area (Å²) in [5, 5.41) is 12.0. The number of likely N-dealkylation sites (N-methyl/N-ethyl adjacent to an activating group) is 1. The quantitative estimate of drug-likeness (QED) is 0.470. The Bertz CT molecular complexity index is 1180. The molecule has 5 rings (SSSR count). The number of aryl methyl sites for hydroxylation is 1. The smallest absolute Gasteiger partial charge is 0.140 e. The number of methoxy groups -OCH3 is 1. The van der Waals surface area contributed by atoms with Crippen LogP contribution in [0.2, 0.25) is 0 Å². The van der Waals surface area contributed by atoms with Gasteiger partial charge in [0.15, 0.2) is 0 Å². The second-order valence-corrected chi connectivity index (χ2v) is 8.67. The molecule has 4 aromatic rings. The van der Waals surface area contributed by atoms with Gasteiger partial charge >= 0.3 is 0 Å². The summed E-state index contributed by atoms with van der Waals surface area (Å²) < 4.78 is 7.13. The Labute approximate surface area is 174 Å². The summed E-state index contributed by atoms with van der Waals surface area (Å²) >= 11 is 1.75. The number of ether oxygens (including phenoxy) is 1. The van der Waals surface area contributed by atoms with Gasteiger partial charge in [-0.05, 0) is 60.1 Å². The van der Waals surface area contributed by atoms with E-state index >= 15 is 0 Å². The van der Waals surface area contributed by atoms with E-state index in [1.807, 2.05) is 19.1 Å². The molecule has 146 valence electrons. The Kier molecular flexibility index (Phi) is 4.57. The molecule has 0 saturated carbocycles. The van der Waals surface area contributed by atoms with Crippen LogP contribution in [-0.2, 0) is 6.54 Å². The van der Waals surface area contributed by atoms with E-state index in [1.165, 1.54) is 26.8 Å². The normalized spacial score (nSPS) is 16.7. The summed E-state index contributed by atoms with van der Waals surface area (Å²) in [6.07, 6.45) is 0. The molecule has 0 aliphatic carbocycles. The Morgan fingerprint density at radius 1 is 1.03 bits per heavy atom. The van der Waals surface area contributed by atoms with Crippen LogP contribution in [0.4, 0.5) is 0 Å². The molecule has 1 atom stereocenters. The zero-order valence-electron chi connectivity index (χ0n) is 16.8. The van der Waals surface area contributed by atoms with Gasteiger partial charge in [-0.3, -0.25) is 0 Å². The fourth-order valence-electron chi connectivity index (χ4n) is 4.33. The van der Waals surface area contributed by atoms with Crippen molar-refractivity contribution in [1.29, 1.82) is 0 Å². The zero-order valence-corrected chi connectivity index (χ0v) is 17.7. The third kappa shape index (κ3) is 3.20. The molecule has 1 aliphatic heterocycles. The van der Waals surface area contributed by atoms with E-state index in [0.29, 0.717) is 0 Å². The van der Waals surface area contributed by atoms with Crippen molar-refractivity contribution < 1.29 is 4.74 Å². The Hall–Kier alpha value is -2.76. The van der Waals surface area contributed by atoms with E-state index in [1.54, 1.807) is 18.4 Å². The molecule has 2 aromatic carbocycles. The van der Waals surface area contributed by atoms with Crippen molar-refractivity contribution >= 4 is 21.4 Å². The molecule has 2 aromatic heterocycles. The average Bonchev–Trinajstić information content (AvgIpc) is 3.21. The van der Waals surface area contributed by atoms with Crippen molar-refractivity contribution in [2.75, 3.05) is 20.7 Å². The minimum absolute atomic E-state index is 0.281. The lowest BCUT2D eigenvalue weighted by molar-refractivity contribution is 0.292. The van der Waals surface area contributed by atoms with Crippen LogP contribution in [0, 0.1) is 6.92 Å². The lowest BCUT2D eigenvalue weighted by Gasteiger charge is -2.33. The molecule has 0 spiro atoms. The summed E-state index contributed by atoms with van der Waals surface area (Å²) in [6, 6.07) is 17.4. The molecule has 0 radical (unpaired) electrons. The van der Waals surface area contributed by atoms with Crippen molar-refractivity contribution in [3.05, 3.63) is 76.3 Å². The fourth-order valence-corrected chi connectivity index (χ4v) is 5.26. The number of hydrogen-bond donors (Lipinski definition) is 0. The maximum Gasteiger partial charge on any atom is 0.140 e. The van der Waals surface area contributed by atoms with Crippen molar-refractivity contribution in [1.82, 2.24) is 15.1 Å². The van der Waals surface area contributed by atoms with Crippen LogP contribution < -0.4 is 4.74 Å². The Morgan fingerprint density at radius 3 is 2.69 bits per heavy atom. The van der Waals surface area contributed by atoms with Gasteiger partial charge in [0.05, 0.1) is 23.2 Å². The number of rotatable bonds is 3. The van der Waals surface area contributed by atoms with E-state index in [-0.39, 0.29) is 5.92 Å². The van der Waals surface area contributed by atoms with Crippen LogP contribution in [0.15, 0.2) is 53.9 Å². The van der Waals surface area contributed by atoms with Crippen LogP contribution in [-0.4, -0.2) is 35.8 Å². The standard InChI is InChI=1S/C24H23N3OS/c1-15-4-9-22(26-25-15)17-6-7-19-18(12-17)13-27(2)14-21(19)20-8-5-16-10-11-29-24(16)23(20)28-3/h4-12,21H,13-14H2,1-3H3. The monoisotopic (exact) mass is 401 g/mol. The van der Waals surface area contributed by atoms with Gasteiger partial charge in [-0.1, -0.05) is 24.3 Å². The largest absolute Gasteiger partial charge is 0.495 e. The second-order valence-electron chi connectivity index (χ2n) is 7.75. The molecule has 0 amide bonds. The van der Waals surface area contributed by atoms with Crippen LogP contribution in [0.25, 0.3) is 21.3 Å². The predicted molar refractivity (Wildman–Crippen MR) is 119 cm³/mol. The Balaban J connectivity index is 1.62. The molecule has 0 fully saturated rings. The second kappa shape index (κ2) is 7.25. The maximum atomic E-state index is 5.90. The van der Waals surface area contributed by atoms with Crippen molar-refractivity contribution in [2.24, 2.45) is 0 Å². The first-order chi connectivity index (χ1) is 14.1. The van der Waals surface area contributed by atoms with Gasteiger partial charge in [0.2, 0.25) is 0 Å². The van der Waals surface area contributed by atoms with E-state index in [9.17, 15) is 0 Å². The van der Waals surface area contributed by atoms with Gasteiger partial charge in [-0.15, -0.1) is 11.3 Å². The minimum Gasteiger partial charge on any atom is -0.495 e. The topological polar surface area (TPSA) is 38.2 Å². The average molecular weight is 402 g/mol. The first kappa shape index (κ1) is 18.3. The third-order valence-electron chi connectivity index (χ3n) is 5.73. The molecule has 1 aliphatic rings. The number of aromatic nitrogens is 2. The fraction of sp³-hybridized carbons (Fsp3) is 0.250. The summed E-state index contributed by atoms with van der Waals surface area (Å²) in [5.41, 5.74) is 6.95. The molecule has 0 saturated heterocycles. The number of nitrogens with zero attached hydrogens (tertiary/aromatic N) is 3. The van der Waals surface area contributed by atoms with E-state index in [2.05, 4.69) is 63.9 Å².